The van der Waals surface area contributed by atoms with E-state index in [9.17, 15) is 27.7 Å². The SMILES string of the molecule is O=C([O-])CN1C(=O)C(=C2Sc3ccccc3N2CCCS(=O)(=O)[O-])SC1=S. The number of rotatable bonds is 6. The number of carbonyl (C=O) groups excluding carboxylic acids is 2. The number of para-hydroxylation sites is 1. The average molecular weight is 445 g/mol. The minimum absolute atomic E-state index is 0.0869. The van der Waals surface area contributed by atoms with Gasteiger partial charge in [-0.15, -0.1) is 0 Å². The van der Waals surface area contributed by atoms with Crippen LogP contribution >= 0.6 is 35.7 Å². The number of benzene rings is 1. The Labute approximate surface area is 169 Å². The average Bonchev–Trinajstić information content (AvgIpc) is 3.06. The van der Waals surface area contributed by atoms with Gasteiger partial charge in [-0.1, -0.05) is 47.9 Å². The summed E-state index contributed by atoms with van der Waals surface area (Å²) in [6.45, 7) is -0.418. The van der Waals surface area contributed by atoms with Gasteiger partial charge in [-0.3, -0.25) is 9.69 Å². The third-order valence-corrected chi connectivity index (χ3v) is 7.25. The van der Waals surface area contributed by atoms with Gasteiger partial charge in [-0.2, -0.15) is 0 Å². The van der Waals surface area contributed by atoms with Gasteiger partial charge in [0.15, 0.2) is 0 Å². The summed E-state index contributed by atoms with van der Waals surface area (Å²) < 4.78 is 32.8. The summed E-state index contributed by atoms with van der Waals surface area (Å²) in [5.41, 5.74) is 0.783. The van der Waals surface area contributed by atoms with Crippen LogP contribution < -0.4 is 10.0 Å². The van der Waals surface area contributed by atoms with Crippen molar-refractivity contribution in [2.24, 2.45) is 0 Å². The Morgan fingerprint density at radius 3 is 2.56 bits per heavy atom. The van der Waals surface area contributed by atoms with Crippen LogP contribution in [0.4, 0.5) is 5.69 Å². The molecule has 1 fully saturated rings. The lowest BCUT2D eigenvalue weighted by Gasteiger charge is -2.22. The van der Waals surface area contributed by atoms with Crippen LogP contribution in [0.3, 0.4) is 0 Å². The Morgan fingerprint density at radius 2 is 1.89 bits per heavy atom. The molecule has 1 saturated heterocycles. The van der Waals surface area contributed by atoms with Gasteiger partial charge in [0.05, 0.1) is 28.3 Å². The molecule has 12 heteroatoms. The minimum Gasteiger partial charge on any atom is -0.748 e. The lowest BCUT2D eigenvalue weighted by molar-refractivity contribution is -0.305. The Morgan fingerprint density at radius 1 is 1.19 bits per heavy atom. The molecule has 8 nitrogen and oxygen atoms in total. The largest absolute Gasteiger partial charge is 0.748 e. The fourth-order valence-corrected chi connectivity index (χ4v) is 5.69. The maximum absolute atomic E-state index is 12.7. The molecule has 0 bridgehead atoms. The number of amides is 1. The van der Waals surface area contributed by atoms with Gasteiger partial charge < -0.3 is 19.4 Å². The Kier molecular flexibility index (Phi) is 5.82. The van der Waals surface area contributed by atoms with Crippen LogP contribution in [-0.2, 0) is 19.7 Å². The predicted octanol–water partition coefficient (Wildman–Crippen LogP) is 0.313. The number of hydrogen-bond acceptors (Lipinski definition) is 10. The van der Waals surface area contributed by atoms with Crippen LogP contribution in [-0.4, -0.2) is 52.9 Å². The first-order valence-corrected chi connectivity index (χ1v) is 11.2. The van der Waals surface area contributed by atoms with E-state index in [-0.39, 0.29) is 22.2 Å². The lowest BCUT2D eigenvalue weighted by Crippen LogP contribution is -2.40. The molecule has 0 aromatic heterocycles. The van der Waals surface area contributed by atoms with Crippen LogP contribution in [0.2, 0.25) is 0 Å². The number of aliphatic carboxylic acids is 1. The van der Waals surface area contributed by atoms with Gasteiger partial charge in [0.2, 0.25) is 0 Å². The highest BCUT2D eigenvalue weighted by molar-refractivity contribution is 8.27. The molecule has 3 rings (SSSR count). The molecule has 0 radical (unpaired) electrons. The zero-order chi connectivity index (χ0) is 19.8. The van der Waals surface area contributed by atoms with Crippen molar-refractivity contribution in [3.05, 3.63) is 34.2 Å². The Hall–Kier alpha value is -1.60. The molecule has 2 aliphatic rings. The zero-order valence-electron chi connectivity index (χ0n) is 13.6. The molecular weight excluding hydrogens is 432 g/mol. The number of fused-ring (bicyclic) bond motifs is 1. The second-order valence-electron chi connectivity index (χ2n) is 5.60. The first-order chi connectivity index (χ1) is 12.7. The van der Waals surface area contributed by atoms with Gasteiger partial charge in [0.25, 0.3) is 5.91 Å². The van der Waals surface area contributed by atoms with E-state index in [1.165, 1.54) is 11.8 Å². The molecule has 0 atom stereocenters. The molecule has 0 spiro atoms. The first-order valence-electron chi connectivity index (χ1n) is 7.63. The summed E-state index contributed by atoms with van der Waals surface area (Å²) in [6.07, 6.45) is 0.0869. The van der Waals surface area contributed by atoms with E-state index in [0.717, 1.165) is 27.2 Å². The van der Waals surface area contributed by atoms with Crippen molar-refractivity contribution in [3.8, 4) is 0 Å². The Bertz CT molecular complexity index is 959. The molecule has 2 aliphatic heterocycles. The molecule has 0 aliphatic carbocycles. The number of anilines is 1. The zero-order valence-corrected chi connectivity index (χ0v) is 16.9. The standard InChI is InChI=1S/C15H14N2O6S4/c18-11(19)8-17-13(20)12(26-15(17)24)14-16(6-3-7-27(21,22)23)9-4-1-2-5-10(9)25-14/h1-2,4-5H,3,6-8H2,(H,18,19)(H,21,22,23)/p-2. The van der Waals surface area contributed by atoms with Gasteiger partial charge >= 0.3 is 0 Å². The van der Waals surface area contributed by atoms with Crippen LogP contribution in [0, 0.1) is 0 Å². The van der Waals surface area contributed by atoms with Gasteiger partial charge in [-0.05, 0) is 18.6 Å². The fraction of sp³-hybridized carbons (Fsp3) is 0.267. The fourth-order valence-electron chi connectivity index (χ4n) is 2.62. The third kappa shape index (κ3) is 4.46. The topological polar surface area (TPSA) is 121 Å². The molecule has 144 valence electrons. The van der Waals surface area contributed by atoms with Crippen LogP contribution in [0.1, 0.15) is 6.42 Å². The van der Waals surface area contributed by atoms with Crippen molar-refractivity contribution < 1.29 is 27.7 Å². The predicted molar refractivity (Wildman–Crippen MR) is 103 cm³/mol. The molecule has 1 aromatic carbocycles. The highest BCUT2D eigenvalue weighted by Gasteiger charge is 2.38. The molecule has 0 unspecified atom stereocenters. The summed E-state index contributed by atoms with van der Waals surface area (Å²) in [5, 5.41) is 11.4. The smallest absolute Gasteiger partial charge is 0.269 e. The van der Waals surface area contributed by atoms with Crippen LogP contribution in [0.25, 0.3) is 0 Å². The van der Waals surface area contributed by atoms with Crippen molar-refractivity contribution in [1.82, 2.24) is 4.90 Å². The first kappa shape index (κ1) is 20.1. The highest BCUT2D eigenvalue weighted by Crippen LogP contribution is 2.50. The number of thiocarbonyl (C=S) groups is 1. The number of carboxylic acids is 1. The van der Waals surface area contributed by atoms with E-state index in [4.69, 9.17) is 12.2 Å². The Balaban J connectivity index is 1.93. The molecule has 0 N–H and O–H groups in total. The van der Waals surface area contributed by atoms with E-state index >= 15 is 0 Å². The van der Waals surface area contributed by atoms with E-state index in [1.807, 2.05) is 18.2 Å². The normalized spacial score (nSPS) is 19.7. The summed E-state index contributed by atoms with van der Waals surface area (Å²) in [4.78, 5) is 27.4. The van der Waals surface area contributed by atoms with Gasteiger partial charge in [-0.25, -0.2) is 8.42 Å². The van der Waals surface area contributed by atoms with Crippen molar-refractivity contribution in [1.29, 1.82) is 0 Å². The molecule has 1 aromatic rings. The second kappa shape index (κ2) is 7.80. The van der Waals surface area contributed by atoms with Gasteiger partial charge in [0, 0.05) is 17.2 Å². The molecular formula is C15H12N2O6S4-2. The van der Waals surface area contributed by atoms with Crippen molar-refractivity contribution >= 4 is 67.7 Å². The molecule has 0 saturated carbocycles. The molecule has 27 heavy (non-hydrogen) atoms. The lowest BCUT2D eigenvalue weighted by atomic mass is 10.3. The minimum atomic E-state index is -4.34. The summed E-state index contributed by atoms with van der Waals surface area (Å²) >= 11 is 7.41. The summed E-state index contributed by atoms with van der Waals surface area (Å²) in [6, 6.07) is 7.31. The van der Waals surface area contributed by atoms with E-state index in [0.29, 0.717) is 5.03 Å². The molecule has 2 heterocycles. The van der Waals surface area contributed by atoms with Crippen molar-refractivity contribution in [2.75, 3.05) is 23.7 Å². The maximum atomic E-state index is 12.7. The van der Waals surface area contributed by atoms with Crippen molar-refractivity contribution in [3.63, 3.8) is 0 Å². The van der Waals surface area contributed by atoms with E-state index in [2.05, 4.69) is 0 Å². The number of thioether (sulfide) groups is 2. The quantitative estimate of drug-likeness (QED) is 0.344. The highest BCUT2D eigenvalue weighted by atomic mass is 32.2. The molecule has 1 amide bonds. The van der Waals surface area contributed by atoms with Crippen LogP contribution in [0.5, 0.6) is 0 Å². The number of hydrogen-bond donors (Lipinski definition) is 0. The summed E-state index contributed by atoms with van der Waals surface area (Å²) in [7, 11) is -4.34. The number of carboxylic acid groups (broad SMARTS) is 1. The van der Waals surface area contributed by atoms with E-state index < -0.39 is 34.3 Å². The van der Waals surface area contributed by atoms with E-state index in [1.54, 1.807) is 11.0 Å². The summed E-state index contributed by atoms with van der Waals surface area (Å²) in [5.74, 6) is -2.47. The number of carbonyl (C=O) groups is 2. The maximum Gasteiger partial charge on any atom is 0.269 e. The third-order valence-electron chi connectivity index (χ3n) is 3.71. The van der Waals surface area contributed by atoms with Gasteiger partial charge in [0.1, 0.15) is 14.3 Å². The van der Waals surface area contributed by atoms with Crippen LogP contribution in [0.15, 0.2) is 39.1 Å². The monoisotopic (exact) mass is 444 g/mol. The van der Waals surface area contributed by atoms with Crippen molar-refractivity contribution in [2.45, 2.75) is 11.3 Å². The second-order valence-corrected chi connectivity index (χ2v) is 9.80. The number of nitrogens with zero attached hydrogens (tertiary/aromatic N) is 2.